The molecule has 0 bridgehead atoms. The van der Waals surface area contributed by atoms with Crippen LogP contribution in [0.4, 0.5) is 0 Å². The van der Waals surface area contributed by atoms with E-state index in [1.807, 2.05) is 37.3 Å². The van der Waals surface area contributed by atoms with E-state index in [4.69, 9.17) is 10.5 Å². The van der Waals surface area contributed by atoms with Gasteiger partial charge in [0, 0.05) is 7.05 Å². The van der Waals surface area contributed by atoms with Crippen LogP contribution in [0.2, 0.25) is 0 Å². The maximum atomic E-state index is 11.8. The van der Waals surface area contributed by atoms with Gasteiger partial charge in [0.1, 0.15) is 12.4 Å². The quantitative estimate of drug-likeness (QED) is 0.800. The lowest BCUT2D eigenvalue weighted by Gasteiger charge is -2.21. The number of benzene rings is 1. The Kier molecular flexibility index (Phi) is 6.22. The largest absolute Gasteiger partial charge is 0.492 e. The molecule has 1 amide bonds. The van der Waals surface area contributed by atoms with Crippen LogP contribution in [-0.4, -0.2) is 37.0 Å². The first kappa shape index (κ1) is 14.5. The molecule has 1 aromatic carbocycles. The number of hydrogen-bond acceptors (Lipinski definition) is 3. The highest BCUT2D eigenvalue weighted by atomic mass is 16.5. The van der Waals surface area contributed by atoms with Gasteiger partial charge in [0.05, 0.1) is 12.6 Å². The fraction of sp³-hybridized carbons (Fsp3) is 0.500. The minimum Gasteiger partial charge on any atom is -0.492 e. The highest BCUT2D eigenvalue weighted by Gasteiger charge is 2.16. The number of likely N-dealkylation sites (N-methyl/N-ethyl adjacent to an activating group) is 1. The summed E-state index contributed by atoms with van der Waals surface area (Å²) in [5.41, 5.74) is 5.78. The Bertz CT molecular complexity index is 354. The van der Waals surface area contributed by atoms with Crippen LogP contribution in [0, 0.1) is 0 Å². The van der Waals surface area contributed by atoms with Gasteiger partial charge < -0.3 is 15.4 Å². The predicted molar refractivity (Wildman–Crippen MR) is 72.5 cm³/mol. The minimum absolute atomic E-state index is 0.0199. The first-order chi connectivity index (χ1) is 8.65. The van der Waals surface area contributed by atoms with E-state index < -0.39 is 6.04 Å². The molecule has 0 saturated heterocycles. The van der Waals surface area contributed by atoms with Crippen LogP contribution in [0.5, 0.6) is 5.75 Å². The molecule has 4 nitrogen and oxygen atoms in total. The van der Waals surface area contributed by atoms with Crippen LogP contribution >= 0.6 is 0 Å². The van der Waals surface area contributed by atoms with Gasteiger partial charge in [0.15, 0.2) is 0 Å². The molecule has 0 aliphatic carbocycles. The van der Waals surface area contributed by atoms with Crippen molar-refractivity contribution in [3.63, 3.8) is 0 Å². The van der Waals surface area contributed by atoms with Crippen molar-refractivity contribution in [1.29, 1.82) is 0 Å². The Morgan fingerprint density at radius 1 is 1.39 bits per heavy atom. The summed E-state index contributed by atoms with van der Waals surface area (Å²) >= 11 is 0. The summed E-state index contributed by atoms with van der Waals surface area (Å²) in [6, 6.07) is 9.17. The summed E-state index contributed by atoms with van der Waals surface area (Å²) < 4.78 is 5.53. The van der Waals surface area contributed by atoms with Gasteiger partial charge in [-0.1, -0.05) is 31.5 Å². The van der Waals surface area contributed by atoms with Crippen molar-refractivity contribution >= 4 is 5.91 Å². The molecule has 100 valence electrons. The molecular weight excluding hydrogens is 228 g/mol. The molecule has 0 saturated carbocycles. The Balaban J connectivity index is 2.28. The molecule has 0 fully saturated rings. The third kappa shape index (κ3) is 4.75. The van der Waals surface area contributed by atoms with E-state index in [1.165, 1.54) is 0 Å². The summed E-state index contributed by atoms with van der Waals surface area (Å²) in [5.74, 6) is 0.796. The smallest absolute Gasteiger partial charge is 0.239 e. The second kappa shape index (κ2) is 7.71. The van der Waals surface area contributed by atoms with Gasteiger partial charge in [-0.25, -0.2) is 0 Å². The number of nitrogens with two attached hydrogens (primary N) is 1. The summed E-state index contributed by atoms with van der Waals surface area (Å²) in [7, 11) is 1.76. The molecule has 0 aliphatic heterocycles. The third-order valence-electron chi connectivity index (χ3n) is 2.73. The fourth-order valence-corrected chi connectivity index (χ4v) is 1.64. The van der Waals surface area contributed by atoms with Crippen molar-refractivity contribution < 1.29 is 9.53 Å². The topological polar surface area (TPSA) is 55.6 Å². The molecule has 0 radical (unpaired) electrons. The molecule has 1 aromatic rings. The van der Waals surface area contributed by atoms with Crippen LogP contribution in [0.1, 0.15) is 19.8 Å². The lowest BCUT2D eigenvalue weighted by Crippen LogP contribution is -2.43. The molecule has 1 atom stereocenters. The number of carbonyl (C=O) groups is 1. The van der Waals surface area contributed by atoms with Crippen LogP contribution in [0.3, 0.4) is 0 Å². The number of hydrogen-bond donors (Lipinski definition) is 1. The van der Waals surface area contributed by atoms with Crippen LogP contribution in [0.15, 0.2) is 30.3 Å². The minimum atomic E-state index is -0.392. The van der Waals surface area contributed by atoms with Crippen molar-refractivity contribution in [1.82, 2.24) is 4.90 Å². The first-order valence-electron chi connectivity index (χ1n) is 6.33. The van der Waals surface area contributed by atoms with Crippen LogP contribution in [0.25, 0.3) is 0 Å². The maximum Gasteiger partial charge on any atom is 0.239 e. The molecular formula is C14H22N2O2. The van der Waals surface area contributed by atoms with Gasteiger partial charge >= 0.3 is 0 Å². The Morgan fingerprint density at radius 2 is 2.06 bits per heavy atom. The standard InChI is InChI=1S/C14H22N2O2/c1-3-7-13(15)14(17)16(2)10-11-18-12-8-5-4-6-9-12/h4-6,8-9,13H,3,7,10-11,15H2,1-2H3. The second-order valence-electron chi connectivity index (χ2n) is 4.32. The van der Waals surface area contributed by atoms with E-state index in [0.717, 1.165) is 18.6 Å². The molecule has 0 spiro atoms. The number of rotatable bonds is 7. The average molecular weight is 250 g/mol. The zero-order valence-electron chi connectivity index (χ0n) is 11.1. The van der Waals surface area contributed by atoms with Gasteiger partial charge in [0.2, 0.25) is 5.91 Å². The Labute approximate surface area is 109 Å². The van der Waals surface area contributed by atoms with E-state index in [-0.39, 0.29) is 5.91 Å². The third-order valence-corrected chi connectivity index (χ3v) is 2.73. The highest BCUT2D eigenvalue weighted by Crippen LogP contribution is 2.08. The molecule has 4 heteroatoms. The van der Waals surface area contributed by atoms with Crippen molar-refractivity contribution in [3.8, 4) is 5.75 Å². The predicted octanol–water partition coefficient (Wildman–Crippen LogP) is 1.65. The van der Waals surface area contributed by atoms with E-state index in [1.54, 1.807) is 11.9 Å². The summed E-state index contributed by atoms with van der Waals surface area (Å²) in [5, 5.41) is 0. The molecule has 1 rings (SSSR count). The zero-order chi connectivity index (χ0) is 13.4. The van der Waals surface area contributed by atoms with Crippen LogP contribution in [-0.2, 0) is 4.79 Å². The van der Waals surface area contributed by atoms with Gasteiger partial charge in [0.25, 0.3) is 0 Å². The molecule has 0 heterocycles. The van der Waals surface area contributed by atoms with Crippen molar-refractivity contribution in [2.75, 3.05) is 20.2 Å². The maximum absolute atomic E-state index is 11.8. The van der Waals surface area contributed by atoms with Crippen molar-refractivity contribution in [2.24, 2.45) is 5.73 Å². The number of amides is 1. The summed E-state index contributed by atoms with van der Waals surface area (Å²) in [6.45, 7) is 3.04. The number of para-hydroxylation sites is 1. The first-order valence-corrected chi connectivity index (χ1v) is 6.33. The number of carbonyl (C=O) groups excluding carboxylic acids is 1. The number of nitrogens with zero attached hydrogens (tertiary/aromatic N) is 1. The molecule has 2 N–H and O–H groups in total. The average Bonchev–Trinajstić information content (AvgIpc) is 2.39. The Hall–Kier alpha value is -1.55. The second-order valence-corrected chi connectivity index (χ2v) is 4.32. The molecule has 0 aliphatic rings. The van der Waals surface area contributed by atoms with E-state index >= 15 is 0 Å². The summed E-state index contributed by atoms with van der Waals surface area (Å²) in [6.07, 6.45) is 1.64. The molecule has 18 heavy (non-hydrogen) atoms. The van der Waals surface area contributed by atoms with E-state index in [2.05, 4.69) is 0 Å². The van der Waals surface area contributed by atoms with Crippen molar-refractivity contribution in [2.45, 2.75) is 25.8 Å². The van der Waals surface area contributed by atoms with Gasteiger partial charge in [-0.05, 0) is 18.6 Å². The van der Waals surface area contributed by atoms with E-state index in [0.29, 0.717) is 13.2 Å². The fourth-order valence-electron chi connectivity index (χ4n) is 1.64. The molecule has 0 aromatic heterocycles. The zero-order valence-corrected chi connectivity index (χ0v) is 11.1. The molecule has 1 unspecified atom stereocenters. The van der Waals surface area contributed by atoms with Gasteiger partial charge in [-0.3, -0.25) is 4.79 Å². The lowest BCUT2D eigenvalue weighted by molar-refractivity contribution is -0.131. The van der Waals surface area contributed by atoms with Crippen molar-refractivity contribution in [3.05, 3.63) is 30.3 Å². The lowest BCUT2D eigenvalue weighted by atomic mass is 10.1. The normalized spacial score (nSPS) is 11.9. The van der Waals surface area contributed by atoms with Crippen LogP contribution < -0.4 is 10.5 Å². The SMILES string of the molecule is CCCC(N)C(=O)N(C)CCOc1ccccc1. The Morgan fingerprint density at radius 3 is 2.67 bits per heavy atom. The highest BCUT2D eigenvalue weighted by molar-refractivity contribution is 5.81. The summed E-state index contributed by atoms with van der Waals surface area (Å²) in [4.78, 5) is 13.4. The monoisotopic (exact) mass is 250 g/mol. The van der Waals surface area contributed by atoms with E-state index in [9.17, 15) is 4.79 Å². The van der Waals surface area contributed by atoms with Gasteiger partial charge in [-0.2, -0.15) is 0 Å². The van der Waals surface area contributed by atoms with Gasteiger partial charge in [-0.15, -0.1) is 0 Å². The number of ether oxygens (including phenoxy) is 1.